The number of nitrogens with one attached hydrogen (secondary N) is 1. The van der Waals surface area contributed by atoms with Gasteiger partial charge in [0.15, 0.2) is 5.13 Å². The fraction of sp³-hybridized carbons (Fsp3) is 0.455. The van der Waals surface area contributed by atoms with E-state index in [1.54, 1.807) is 20.9 Å². The Hall–Kier alpha value is -3.18. The van der Waals surface area contributed by atoms with E-state index in [4.69, 9.17) is 5.73 Å². The lowest BCUT2D eigenvalue weighted by Crippen LogP contribution is -2.62. The topological polar surface area (TPSA) is 115 Å². The lowest BCUT2D eigenvalue weighted by atomic mass is 10.1. The van der Waals surface area contributed by atoms with E-state index >= 15 is 0 Å². The number of hydrogen-bond donors (Lipinski definition) is 2. The van der Waals surface area contributed by atoms with Gasteiger partial charge in [-0.3, -0.25) is 14.6 Å². The van der Waals surface area contributed by atoms with Gasteiger partial charge in [0, 0.05) is 13.1 Å². The third-order valence-corrected chi connectivity index (χ3v) is 6.75. The summed E-state index contributed by atoms with van der Waals surface area (Å²) < 4.78 is 0.967. The number of nitrogens with zero attached hydrogens (tertiary/aromatic N) is 5. The highest BCUT2D eigenvalue weighted by Crippen LogP contribution is 2.29. The molecule has 3 heterocycles. The van der Waals surface area contributed by atoms with Crippen molar-refractivity contribution in [2.45, 2.75) is 32.5 Å². The maximum Gasteiger partial charge on any atom is 0.332 e. The van der Waals surface area contributed by atoms with Crippen LogP contribution >= 0.6 is 11.3 Å². The van der Waals surface area contributed by atoms with Crippen LogP contribution in [0.2, 0.25) is 0 Å². The van der Waals surface area contributed by atoms with Gasteiger partial charge in [-0.15, -0.1) is 6.58 Å². The van der Waals surface area contributed by atoms with E-state index in [0.29, 0.717) is 18.2 Å². The molecule has 4 amide bonds. The molecule has 0 bridgehead atoms. The maximum absolute atomic E-state index is 12.9. The first kappa shape index (κ1) is 23.0. The van der Waals surface area contributed by atoms with Crippen LogP contribution in [0, 0.1) is 0 Å². The largest absolute Gasteiger partial charge is 0.375 e. The molecule has 0 spiro atoms. The van der Waals surface area contributed by atoms with Crippen molar-refractivity contribution in [2.75, 3.05) is 38.5 Å². The van der Waals surface area contributed by atoms with Crippen LogP contribution in [0.5, 0.6) is 0 Å². The van der Waals surface area contributed by atoms with E-state index in [-0.39, 0.29) is 44.0 Å². The smallest absolute Gasteiger partial charge is 0.332 e. The number of benzene rings is 1. The predicted octanol–water partition coefficient (Wildman–Crippen LogP) is 1.60. The summed E-state index contributed by atoms with van der Waals surface area (Å²) in [5, 5.41) is 6.65. The van der Waals surface area contributed by atoms with Gasteiger partial charge in [0.2, 0.25) is 11.8 Å². The van der Waals surface area contributed by atoms with Gasteiger partial charge in [-0.2, -0.15) is 5.01 Å². The zero-order valence-corrected chi connectivity index (χ0v) is 19.5. The minimum Gasteiger partial charge on any atom is -0.375 e. The van der Waals surface area contributed by atoms with E-state index in [9.17, 15) is 14.4 Å². The van der Waals surface area contributed by atoms with Crippen molar-refractivity contribution in [1.29, 1.82) is 0 Å². The summed E-state index contributed by atoms with van der Waals surface area (Å²) in [5.74, 6) is -0.304. The van der Waals surface area contributed by atoms with Gasteiger partial charge in [-0.25, -0.2) is 9.78 Å². The molecule has 0 radical (unpaired) electrons. The molecule has 1 atom stereocenters. The summed E-state index contributed by atoms with van der Waals surface area (Å²) >= 11 is 1.41. The number of hydrazine groups is 1. The zero-order chi connectivity index (χ0) is 23.5. The Morgan fingerprint density at radius 1 is 1.36 bits per heavy atom. The molecule has 2 aliphatic heterocycles. The predicted molar refractivity (Wildman–Crippen MR) is 127 cm³/mol. The summed E-state index contributed by atoms with van der Waals surface area (Å²) in [4.78, 5) is 46.2. The Kier molecular flexibility index (Phi) is 6.80. The third-order valence-electron chi connectivity index (χ3n) is 5.90. The Labute approximate surface area is 196 Å². The molecule has 0 saturated carbocycles. The van der Waals surface area contributed by atoms with Crippen molar-refractivity contribution in [3.63, 3.8) is 0 Å². The van der Waals surface area contributed by atoms with Gasteiger partial charge < -0.3 is 20.9 Å². The summed E-state index contributed by atoms with van der Waals surface area (Å²) in [5.41, 5.74) is 7.57. The number of carbonyl (C=O) groups is 3. The Morgan fingerprint density at radius 2 is 2.18 bits per heavy atom. The first-order valence-corrected chi connectivity index (χ1v) is 11.9. The highest BCUT2D eigenvalue weighted by atomic mass is 32.1. The zero-order valence-electron chi connectivity index (χ0n) is 18.7. The van der Waals surface area contributed by atoms with Gasteiger partial charge in [0.1, 0.15) is 12.7 Å². The standard InChI is InChI=1S/C22H29N7O3S/c1-3-5-9-24-22(32)28(10-4-2)29-14-19(31)27-13-18(30)26(12-17(27)29)11-15-7-6-8-16-20(15)25-21(23)33-16/h4,6-8,17H,2-3,5,9-14H2,1H3,(H2,23,25)(H,24,32). The molecule has 4 rings (SSSR count). The number of para-hydroxylation sites is 1. The van der Waals surface area contributed by atoms with Crippen molar-refractivity contribution < 1.29 is 14.4 Å². The number of anilines is 1. The number of piperazine rings is 1. The van der Waals surface area contributed by atoms with Gasteiger partial charge >= 0.3 is 6.03 Å². The number of hydrogen-bond acceptors (Lipinski definition) is 7. The van der Waals surface area contributed by atoms with Crippen LogP contribution in [0.3, 0.4) is 0 Å². The van der Waals surface area contributed by atoms with Crippen LogP contribution in [0.1, 0.15) is 25.3 Å². The summed E-state index contributed by atoms with van der Waals surface area (Å²) in [7, 11) is 0. The van der Waals surface area contributed by atoms with E-state index in [2.05, 4.69) is 23.8 Å². The highest BCUT2D eigenvalue weighted by molar-refractivity contribution is 7.22. The maximum atomic E-state index is 12.9. The second-order valence-corrected chi connectivity index (χ2v) is 9.21. The van der Waals surface area contributed by atoms with Gasteiger partial charge in [0.25, 0.3) is 0 Å². The van der Waals surface area contributed by atoms with Crippen LogP contribution in [0.4, 0.5) is 9.93 Å². The van der Waals surface area contributed by atoms with Crippen LogP contribution < -0.4 is 11.1 Å². The molecule has 2 fully saturated rings. The van der Waals surface area contributed by atoms with Gasteiger partial charge in [-0.1, -0.05) is 42.9 Å². The number of amides is 4. The van der Waals surface area contributed by atoms with Crippen LogP contribution in [-0.2, 0) is 16.1 Å². The fourth-order valence-electron chi connectivity index (χ4n) is 4.24. The Balaban J connectivity index is 1.54. The fourth-order valence-corrected chi connectivity index (χ4v) is 5.02. The third kappa shape index (κ3) is 4.64. The van der Waals surface area contributed by atoms with Crippen molar-refractivity contribution in [3.05, 3.63) is 36.4 Å². The number of nitrogen functional groups attached to an aromatic ring is 1. The molecule has 2 saturated heterocycles. The minimum absolute atomic E-state index is 0.0193. The first-order chi connectivity index (χ1) is 15.9. The molecular formula is C22H29N7O3S. The molecule has 3 N–H and O–H groups in total. The molecule has 10 nitrogen and oxygen atoms in total. The monoisotopic (exact) mass is 471 g/mol. The van der Waals surface area contributed by atoms with E-state index < -0.39 is 6.17 Å². The number of rotatable bonds is 8. The van der Waals surface area contributed by atoms with E-state index in [1.807, 2.05) is 18.2 Å². The van der Waals surface area contributed by atoms with Crippen LogP contribution in [-0.4, -0.2) is 81.5 Å². The normalized spacial score (nSPS) is 18.6. The first-order valence-electron chi connectivity index (χ1n) is 11.1. The summed E-state index contributed by atoms with van der Waals surface area (Å²) in [6, 6.07) is 5.54. The van der Waals surface area contributed by atoms with Gasteiger partial charge in [0.05, 0.1) is 29.9 Å². The average molecular weight is 472 g/mol. The van der Waals surface area contributed by atoms with Crippen molar-refractivity contribution >= 4 is 44.5 Å². The lowest BCUT2D eigenvalue weighted by Gasteiger charge is -2.42. The average Bonchev–Trinajstić information content (AvgIpc) is 3.32. The molecule has 176 valence electrons. The number of aromatic nitrogens is 1. The number of nitrogens with two attached hydrogens (primary N) is 1. The summed E-state index contributed by atoms with van der Waals surface area (Å²) in [6.45, 7) is 7.31. The number of thiazole rings is 1. The Morgan fingerprint density at radius 3 is 2.94 bits per heavy atom. The summed E-state index contributed by atoms with van der Waals surface area (Å²) in [6.07, 6.45) is 3.05. The molecule has 2 aliphatic rings. The number of unbranched alkanes of at least 4 members (excludes halogenated alkanes) is 1. The quantitative estimate of drug-likeness (QED) is 0.446. The van der Waals surface area contributed by atoms with Crippen molar-refractivity contribution in [3.8, 4) is 0 Å². The van der Waals surface area contributed by atoms with Crippen LogP contribution in [0.15, 0.2) is 30.9 Å². The molecule has 33 heavy (non-hydrogen) atoms. The SMILES string of the molecule is C=CCN(C(=O)NCCCC)N1CC(=O)N2CC(=O)N(Cc3cccc4sc(N)nc34)CC21. The van der Waals surface area contributed by atoms with Crippen molar-refractivity contribution in [1.82, 2.24) is 30.1 Å². The second-order valence-electron chi connectivity index (χ2n) is 8.15. The molecular weight excluding hydrogens is 442 g/mol. The van der Waals surface area contributed by atoms with E-state index in [1.165, 1.54) is 16.3 Å². The Bertz CT molecular complexity index is 1070. The molecule has 1 aromatic carbocycles. The number of fused-ring (bicyclic) bond motifs is 2. The number of carbonyl (C=O) groups excluding carboxylic acids is 3. The molecule has 1 aromatic heterocycles. The van der Waals surface area contributed by atoms with E-state index in [0.717, 1.165) is 28.6 Å². The molecule has 1 unspecified atom stereocenters. The number of urea groups is 1. The lowest BCUT2D eigenvalue weighted by molar-refractivity contribution is -0.149. The molecule has 11 heteroatoms. The van der Waals surface area contributed by atoms with Crippen LogP contribution in [0.25, 0.3) is 10.2 Å². The van der Waals surface area contributed by atoms with Gasteiger partial charge in [-0.05, 0) is 18.1 Å². The highest BCUT2D eigenvalue weighted by Gasteiger charge is 2.47. The molecule has 2 aromatic rings. The second kappa shape index (κ2) is 9.75. The van der Waals surface area contributed by atoms with Crippen molar-refractivity contribution in [2.24, 2.45) is 0 Å². The molecule has 0 aliphatic carbocycles. The minimum atomic E-state index is -0.424.